The average Bonchev–Trinajstić information content (AvgIpc) is 3.89. The summed E-state index contributed by atoms with van der Waals surface area (Å²) in [5.74, 6) is -2.03. The number of piperidine rings is 1. The maximum absolute atomic E-state index is 13.4. The number of carbonyl (C=O) groups is 6. The number of fused-ring (bicyclic) bond motifs is 2. The van der Waals surface area contributed by atoms with Crippen LogP contribution in [-0.2, 0) is 32.3 Å². The van der Waals surface area contributed by atoms with Gasteiger partial charge in [-0.3, -0.25) is 49.3 Å². The van der Waals surface area contributed by atoms with E-state index in [4.69, 9.17) is 0 Å². The Hall–Kier alpha value is -5.49. The van der Waals surface area contributed by atoms with Crippen LogP contribution < -0.4 is 43.6 Å². The van der Waals surface area contributed by atoms with Crippen molar-refractivity contribution in [2.75, 3.05) is 47.5 Å². The highest BCUT2D eigenvalue weighted by molar-refractivity contribution is 8.14. The maximum atomic E-state index is 13.4. The van der Waals surface area contributed by atoms with Crippen molar-refractivity contribution in [1.29, 1.82) is 0 Å². The van der Waals surface area contributed by atoms with Gasteiger partial charge in [0.25, 0.3) is 11.8 Å². The molecule has 1 unspecified atom stereocenters. The third kappa shape index (κ3) is 8.21. The van der Waals surface area contributed by atoms with E-state index in [0.717, 1.165) is 28.8 Å². The van der Waals surface area contributed by atoms with Crippen LogP contribution in [0.3, 0.4) is 0 Å². The third-order valence-electron chi connectivity index (χ3n) is 10.7. The van der Waals surface area contributed by atoms with Crippen LogP contribution in [0.1, 0.15) is 64.9 Å². The Balaban J connectivity index is 0.00000480. The first-order valence-electron chi connectivity index (χ1n) is 18.6. The Labute approximate surface area is 332 Å². The van der Waals surface area contributed by atoms with Gasteiger partial charge in [-0.25, -0.2) is 4.68 Å². The molecule has 3 aromatic rings. The van der Waals surface area contributed by atoms with Gasteiger partial charge in [-0.1, -0.05) is 11.3 Å². The smallest absolute Gasteiger partial charge is 0.305 e. The molecule has 3 atom stereocenters. The third-order valence-corrected chi connectivity index (χ3v) is 11.6. The first-order valence-corrected chi connectivity index (χ1v) is 19.6. The summed E-state index contributed by atoms with van der Waals surface area (Å²) in [7, 11) is 0. The number of amidine groups is 1. The molecule has 2 saturated heterocycles. The van der Waals surface area contributed by atoms with Gasteiger partial charge in [-0.15, -0.1) is 5.10 Å². The summed E-state index contributed by atoms with van der Waals surface area (Å²) < 4.78 is 1.40. The van der Waals surface area contributed by atoms with Gasteiger partial charge in [0.1, 0.15) is 30.4 Å². The summed E-state index contributed by atoms with van der Waals surface area (Å²) in [5, 5.41) is 21.0. The fourth-order valence-corrected chi connectivity index (χ4v) is 8.75. The van der Waals surface area contributed by atoms with Crippen molar-refractivity contribution in [2.45, 2.75) is 69.7 Å². The Morgan fingerprint density at radius 2 is 1.73 bits per heavy atom. The lowest BCUT2D eigenvalue weighted by molar-refractivity contribution is -0.496. The fourth-order valence-electron chi connectivity index (χ4n) is 7.83. The van der Waals surface area contributed by atoms with E-state index in [1.807, 2.05) is 29.2 Å². The van der Waals surface area contributed by atoms with Crippen molar-refractivity contribution in [2.24, 2.45) is 0 Å². The van der Waals surface area contributed by atoms with Crippen LogP contribution >= 0.6 is 11.8 Å². The molecule has 1 aliphatic carbocycles. The number of aromatic nitrogens is 3. The summed E-state index contributed by atoms with van der Waals surface area (Å²) >= 11 is 1.57. The number of piperazine rings is 1. The van der Waals surface area contributed by atoms with E-state index < -0.39 is 29.7 Å². The van der Waals surface area contributed by atoms with Crippen molar-refractivity contribution in [1.82, 2.24) is 35.4 Å². The molecule has 5 heterocycles. The van der Waals surface area contributed by atoms with E-state index >= 15 is 0 Å². The van der Waals surface area contributed by atoms with E-state index in [1.165, 1.54) is 36.4 Å². The molecule has 0 radical (unpaired) electrons. The first kappa shape index (κ1) is 38.8. The van der Waals surface area contributed by atoms with Gasteiger partial charge in [0.15, 0.2) is 0 Å². The second kappa shape index (κ2) is 16.7. The normalized spacial score (nSPS) is 21.8. The minimum Gasteiger partial charge on any atom is -1.00 e. The van der Waals surface area contributed by atoms with Gasteiger partial charge in [-0.2, -0.15) is 0 Å². The predicted molar refractivity (Wildman–Crippen MR) is 202 cm³/mol. The van der Waals surface area contributed by atoms with E-state index in [9.17, 15) is 28.8 Å². The minimum atomic E-state index is -1.06. The molecule has 294 valence electrons. The monoisotopic (exact) mass is 803 g/mol. The molecular weight excluding hydrogens is 762 g/mol. The standard InChI is InChI=1S/C37H41N11O6S.ClH/c49-30-13-12-29(34(52)42-30)48-35(53)25-4-3-7-28(33(25)36(48)54)38-18-23-19-47(44-43-23)20-31(50)39-22-8-10-24(11-9-22)45-14-16-46(17-15-45)32(51)21-55-37-40-26-5-1-2-6-27(26)41-37;/h3-4,7-11,19,26-27,29,38H,1-2,5-6,12-18,20-21H2,(H,39,50)(H,40,41)(H,42,49,52);1H/t26-,27-,29?;/m1./s1. The van der Waals surface area contributed by atoms with Crippen molar-refractivity contribution in [3.8, 4) is 0 Å². The second-order valence-electron chi connectivity index (χ2n) is 14.3. The lowest BCUT2D eigenvalue weighted by Crippen LogP contribution is -3.00. The Kier molecular flexibility index (Phi) is 11.6. The Morgan fingerprint density at radius 3 is 2.50 bits per heavy atom. The van der Waals surface area contributed by atoms with Crippen LogP contribution in [0.25, 0.3) is 0 Å². The van der Waals surface area contributed by atoms with Crippen molar-refractivity contribution in [3.05, 3.63) is 65.5 Å². The summed E-state index contributed by atoms with van der Waals surface area (Å²) in [5.41, 5.74) is 2.84. The second-order valence-corrected chi connectivity index (χ2v) is 15.3. The average molecular weight is 804 g/mol. The molecule has 0 spiro atoms. The molecule has 56 heavy (non-hydrogen) atoms. The highest BCUT2D eigenvalue weighted by atomic mass is 35.5. The number of benzene rings is 2. The SMILES string of the molecule is O=C1CCC(N2C(=O)c3cccc(NCc4cn(CC(=O)Nc5ccc(N6CCN(C(=O)CSC7=[NH+][C@@H]8CCCC[C@H]8N7)CC6)cc5)nn4)c3C2=O)C(=O)N1.[Cl-]. The molecule has 8 rings (SSSR count). The summed E-state index contributed by atoms with van der Waals surface area (Å²) in [4.78, 5) is 85.0. The summed E-state index contributed by atoms with van der Waals surface area (Å²) in [6, 6.07) is 12.3. The van der Waals surface area contributed by atoms with Crippen LogP contribution in [0.4, 0.5) is 17.1 Å². The maximum Gasteiger partial charge on any atom is 0.305 e. The topological polar surface area (TPSA) is 205 Å². The van der Waals surface area contributed by atoms with Gasteiger partial charge >= 0.3 is 5.17 Å². The summed E-state index contributed by atoms with van der Waals surface area (Å²) in [6.45, 7) is 2.84. The summed E-state index contributed by atoms with van der Waals surface area (Å²) in [6.07, 6.45) is 6.60. The number of carbonyl (C=O) groups excluding carboxylic acids is 6. The van der Waals surface area contributed by atoms with Crippen molar-refractivity contribution in [3.63, 3.8) is 0 Å². The predicted octanol–water partition coefficient (Wildman–Crippen LogP) is -3.33. The molecule has 1 saturated carbocycles. The lowest BCUT2D eigenvalue weighted by atomic mass is 9.92. The van der Waals surface area contributed by atoms with Gasteiger partial charge in [0.05, 0.1) is 29.6 Å². The number of nitrogens with one attached hydrogen (secondary N) is 5. The number of amides is 6. The fraction of sp³-hybridized carbons (Fsp3) is 0.432. The number of imide groups is 2. The van der Waals surface area contributed by atoms with E-state index in [-0.39, 0.29) is 61.3 Å². The highest BCUT2D eigenvalue weighted by Gasteiger charge is 2.45. The van der Waals surface area contributed by atoms with Gasteiger partial charge in [0.2, 0.25) is 23.6 Å². The molecule has 19 heteroatoms. The van der Waals surface area contributed by atoms with Crippen LogP contribution in [-0.4, -0.2) is 115 Å². The number of nitrogens with zero attached hydrogens (tertiary/aromatic N) is 6. The highest BCUT2D eigenvalue weighted by Crippen LogP contribution is 2.32. The Morgan fingerprint density at radius 1 is 0.946 bits per heavy atom. The van der Waals surface area contributed by atoms with Gasteiger partial charge < -0.3 is 32.8 Å². The zero-order chi connectivity index (χ0) is 38.1. The molecule has 17 nitrogen and oxygen atoms in total. The van der Waals surface area contributed by atoms with Crippen LogP contribution in [0.15, 0.2) is 48.7 Å². The van der Waals surface area contributed by atoms with Crippen LogP contribution in [0.5, 0.6) is 0 Å². The largest absolute Gasteiger partial charge is 1.00 e. The number of hydrogen-bond donors (Lipinski definition) is 5. The molecule has 2 aromatic carbocycles. The van der Waals surface area contributed by atoms with Gasteiger partial charge in [-0.05, 0) is 80.3 Å². The first-order chi connectivity index (χ1) is 26.7. The zero-order valence-corrected chi connectivity index (χ0v) is 32.0. The molecular formula is C37H42ClN11O6S. The van der Waals surface area contributed by atoms with Crippen molar-refractivity contribution >= 4 is 69.4 Å². The quantitative estimate of drug-likeness (QED) is 0.128. The number of anilines is 3. The molecule has 0 bridgehead atoms. The van der Waals surface area contributed by atoms with E-state index in [1.54, 1.807) is 30.1 Å². The minimum absolute atomic E-state index is 0. The molecule has 3 fully saturated rings. The lowest BCUT2D eigenvalue weighted by Gasteiger charge is -2.36. The molecule has 5 aliphatic rings. The van der Waals surface area contributed by atoms with E-state index in [0.29, 0.717) is 48.0 Å². The zero-order valence-electron chi connectivity index (χ0n) is 30.5. The van der Waals surface area contributed by atoms with Crippen LogP contribution in [0, 0.1) is 0 Å². The number of thioether (sulfide) groups is 1. The molecule has 1 aromatic heterocycles. The van der Waals surface area contributed by atoms with E-state index in [2.05, 4.69) is 41.5 Å². The molecule has 6 amide bonds. The number of rotatable bonds is 10. The van der Waals surface area contributed by atoms with Gasteiger partial charge in [0, 0.05) is 49.7 Å². The van der Waals surface area contributed by atoms with Crippen LogP contribution in [0.2, 0.25) is 0 Å². The number of halogens is 1. The Bertz CT molecular complexity index is 2070. The molecule has 5 N–H and O–H groups in total. The number of hydrogen-bond acceptors (Lipinski definition) is 12. The molecule has 4 aliphatic heterocycles. The van der Waals surface area contributed by atoms with Crippen molar-refractivity contribution < 1.29 is 46.2 Å².